The summed E-state index contributed by atoms with van der Waals surface area (Å²) in [5, 5.41) is 20.5. The van der Waals surface area contributed by atoms with E-state index in [0.29, 0.717) is 18.7 Å². The molecule has 0 radical (unpaired) electrons. The average Bonchev–Trinajstić information content (AvgIpc) is 3.54. The Bertz CT molecular complexity index is 1750. The van der Waals surface area contributed by atoms with Crippen LogP contribution < -0.4 is 27.8 Å². The molecule has 1 aromatic carbocycles. The number of amides is 3. The van der Waals surface area contributed by atoms with Gasteiger partial charge in [-0.05, 0) is 135 Å². The fourth-order valence-corrected chi connectivity index (χ4v) is 9.39. The van der Waals surface area contributed by atoms with Crippen LogP contribution in [0.2, 0.25) is 0 Å². The van der Waals surface area contributed by atoms with Gasteiger partial charge in [0.05, 0.1) is 0 Å². The number of nitrogens with zero attached hydrogens (tertiary/aromatic N) is 4. The van der Waals surface area contributed by atoms with Crippen molar-refractivity contribution in [1.29, 1.82) is 0 Å². The molecule has 0 saturated heterocycles. The normalized spacial score (nSPS) is 23.1. The minimum atomic E-state index is -1.31. The lowest BCUT2D eigenvalue weighted by atomic mass is 9.49. The fraction of sp³-hybridized carbons (Fsp3) is 0.553. The van der Waals surface area contributed by atoms with Crippen molar-refractivity contribution in [3.05, 3.63) is 70.6 Å². The fourth-order valence-electron chi connectivity index (χ4n) is 9.39. The van der Waals surface area contributed by atoms with Gasteiger partial charge in [-0.25, -0.2) is 4.79 Å². The number of aromatic nitrogens is 3. The van der Waals surface area contributed by atoms with Crippen LogP contribution in [0.15, 0.2) is 46.2 Å². The number of nitrogens with two attached hydrogens (primary N) is 3. The first-order valence-electron chi connectivity index (χ1n) is 18.5. The zero-order valence-corrected chi connectivity index (χ0v) is 30.4. The maximum Gasteiger partial charge on any atom is 0.405 e. The summed E-state index contributed by atoms with van der Waals surface area (Å²) in [6.45, 7) is 3.82. The molecule has 9 N–H and O–H groups in total. The van der Waals surface area contributed by atoms with Crippen molar-refractivity contribution in [3.8, 4) is 5.75 Å². The number of primary amides is 1. The van der Waals surface area contributed by atoms with Crippen LogP contribution in [0, 0.1) is 37.0 Å². The number of pyridine rings is 1. The number of benzene rings is 1. The number of nitrogens with one attached hydrogen (secondary N) is 2. The van der Waals surface area contributed by atoms with Crippen molar-refractivity contribution >= 4 is 23.9 Å². The molecule has 15 nitrogen and oxygen atoms in total. The van der Waals surface area contributed by atoms with E-state index >= 15 is 0 Å². The lowest BCUT2D eigenvalue weighted by Gasteiger charge is -2.56. The van der Waals surface area contributed by atoms with Crippen molar-refractivity contribution in [3.63, 3.8) is 0 Å². The van der Waals surface area contributed by atoms with Crippen LogP contribution in [-0.4, -0.2) is 62.8 Å². The Morgan fingerprint density at radius 2 is 1.62 bits per heavy atom. The number of aryl methyl sites for hydroxylation is 2. The second-order valence-corrected chi connectivity index (χ2v) is 15.5. The van der Waals surface area contributed by atoms with Crippen molar-refractivity contribution < 1.29 is 28.8 Å². The lowest BCUT2D eigenvalue weighted by Crippen LogP contribution is -2.52. The van der Waals surface area contributed by atoms with Gasteiger partial charge >= 0.3 is 6.09 Å². The topological polar surface area (TPSA) is 247 Å². The molecule has 7 rings (SSSR count). The van der Waals surface area contributed by atoms with Crippen LogP contribution in [0.4, 0.5) is 4.79 Å². The van der Waals surface area contributed by atoms with Gasteiger partial charge in [0.1, 0.15) is 17.8 Å². The second kappa shape index (κ2) is 16.2. The van der Waals surface area contributed by atoms with Crippen LogP contribution in [-0.2, 0) is 33.6 Å². The van der Waals surface area contributed by atoms with Gasteiger partial charge in [0.15, 0.2) is 17.9 Å². The third-order valence-electron chi connectivity index (χ3n) is 11.2. The monoisotopic (exact) mass is 729 g/mol. The second-order valence-electron chi connectivity index (χ2n) is 15.5. The molecule has 3 atom stereocenters. The molecule has 4 aliphatic carbocycles. The summed E-state index contributed by atoms with van der Waals surface area (Å²) in [6.07, 6.45) is 10.00. The van der Waals surface area contributed by atoms with E-state index in [9.17, 15) is 19.5 Å². The molecule has 3 aromatic rings. The van der Waals surface area contributed by atoms with Crippen LogP contribution in [0.3, 0.4) is 0 Å². The first kappa shape index (κ1) is 37.5. The number of aliphatic imine (C=N–C) groups is 1. The highest BCUT2D eigenvalue weighted by atomic mass is 16.6. The zero-order chi connectivity index (χ0) is 37.7. The molecule has 15 heteroatoms. The lowest BCUT2D eigenvalue weighted by molar-refractivity contribution is -0.134. The number of phenolic OH excluding ortho intramolecular Hbond substituents is 1. The zero-order valence-electron chi connectivity index (χ0n) is 30.4. The Morgan fingerprint density at radius 3 is 2.23 bits per heavy atom. The number of aromatic hydroxyl groups is 1. The molecule has 284 valence electrons. The van der Waals surface area contributed by atoms with Crippen molar-refractivity contribution in [2.24, 2.45) is 45.4 Å². The third kappa shape index (κ3) is 9.62. The van der Waals surface area contributed by atoms with E-state index in [1.807, 2.05) is 26.0 Å². The van der Waals surface area contributed by atoms with Gasteiger partial charge in [-0.3, -0.25) is 19.6 Å². The molecule has 3 amide bonds. The molecule has 2 heterocycles. The van der Waals surface area contributed by atoms with Crippen LogP contribution in [0.5, 0.6) is 5.75 Å². The number of carbonyl (C=O) groups is 3. The standard InChI is InChI=1S/C38H51N9O6/c1-21-10-27(48)11-22(2)28(21)16-29(44-34(50)31(52-37(41)51)4-3-7-43-36(39)40)33(49)45-30(15-23-5-8-42-9-6-23)35-46-32(47-53-35)20-38-17-24-12-25(18-38)14-26(13-24)19-38/h5-6,8-11,24-26,29-31,48H,3-4,7,12-20H2,1-2H3,(H2,41,51)(H,44,50)(H,45,49)(H4,39,40,43)/t24?,25?,26?,29-,30-,31+,38?/m0/s1. The van der Waals surface area contributed by atoms with E-state index < -0.39 is 36.1 Å². The molecule has 2 aromatic heterocycles. The summed E-state index contributed by atoms with van der Waals surface area (Å²) in [5.74, 6) is 1.99. The van der Waals surface area contributed by atoms with Crippen LogP contribution in [0.1, 0.15) is 91.4 Å². The summed E-state index contributed by atoms with van der Waals surface area (Å²) in [4.78, 5) is 52.8. The number of phenols is 1. The minimum Gasteiger partial charge on any atom is -0.508 e. The van der Waals surface area contributed by atoms with Gasteiger partial charge in [-0.15, -0.1) is 0 Å². The predicted octanol–water partition coefficient (Wildman–Crippen LogP) is 3.19. The third-order valence-corrected chi connectivity index (χ3v) is 11.2. The summed E-state index contributed by atoms with van der Waals surface area (Å²) < 4.78 is 11.0. The van der Waals surface area contributed by atoms with Gasteiger partial charge < -0.3 is 42.2 Å². The summed E-state index contributed by atoms with van der Waals surface area (Å²) in [5.41, 5.74) is 19.5. The van der Waals surface area contributed by atoms with Gasteiger partial charge in [-0.2, -0.15) is 4.98 Å². The first-order valence-corrected chi connectivity index (χ1v) is 18.5. The molecule has 0 spiro atoms. The van der Waals surface area contributed by atoms with Gasteiger partial charge in [0.2, 0.25) is 11.8 Å². The predicted molar refractivity (Wildman–Crippen MR) is 195 cm³/mol. The van der Waals surface area contributed by atoms with Crippen LogP contribution in [0.25, 0.3) is 0 Å². The smallest absolute Gasteiger partial charge is 0.405 e. The maximum atomic E-state index is 14.4. The van der Waals surface area contributed by atoms with Gasteiger partial charge in [0.25, 0.3) is 5.91 Å². The maximum absolute atomic E-state index is 14.4. The quantitative estimate of drug-likeness (QED) is 0.0710. The number of ether oxygens (including phenoxy) is 1. The van der Waals surface area contributed by atoms with E-state index in [-0.39, 0.29) is 42.4 Å². The molecule has 0 aliphatic heterocycles. The molecule has 0 unspecified atom stereocenters. The Hall–Kier alpha value is -5.21. The molecule has 4 fully saturated rings. The SMILES string of the molecule is Cc1cc(O)cc(C)c1C[C@H](NC(=O)[C@@H](CCCN=C(N)N)OC(N)=O)C(=O)N[C@@H](Cc1ccncc1)c1nc(CC23CC4CC(CC(C4)C2)C3)no1. The highest BCUT2D eigenvalue weighted by Crippen LogP contribution is 2.60. The summed E-state index contributed by atoms with van der Waals surface area (Å²) in [6, 6.07) is 5.01. The Kier molecular flexibility index (Phi) is 11.5. The van der Waals surface area contributed by atoms with Crippen molar-refractivity contribution in [2.75, 3.05) is 6.54 Å². The minimum absolute atomic E-state index is 0.0519. The van der Waals surface area contributed by atoms with Gasteiger partial charge in [0, 0.05) is 38.2 Å². The van der Waals surface area contributed by atoms with Crippen molar-refractivity contribution in [1.82, 2.24) is 25.8 Å². The number of hydrogen-bond donors (Lipinski definition) is 6. The first-order chi connectivity index (χ1) is 25.3. The summed E-state index contributed by atoms with van der Waals surface area (Å²) in [7, 11) is 0. The van der Waals surface area contributed by atoms with Crippen molar-refractivity contribution in [2.45, 2.75) is 103 Å². The number of carbonyl (C=O) groups excluding carboxylic acids is 3. The molecular formula is C38H51N9O6. The molecule has 4 bridgehead atoms. The van der Waals surface area contributed by atoms with Crippen LogP contribution >= 0.6 is 0 Å². The Labute approximate surface area is 308 Å². The molecule has 4 saturated carbocycles. The van der Waals surface area contributed by atoms with E-state index in [0.717, 1.165) is 46.4 Å². The Morgan fingerprint density at radius 1 is 0.981 bits per heavy atom. The highest BCUT2D eigenvalue weighted by Gasteiger charge is 2.51. The van der Waals surface area contributed by atoms with E-state index in [1.54, 1.807) is 24.5 Å². The molecule has 4 aliphatic rings. The number of guanidine groups is 1. The van der Waals surface area contributed by atoms with E-state index in [1.165, 1.54) is 38.5 Å². The average molecular weight is 730 g/mol. The van der Waals surface area contributed by atoms with E-state index in [4.69, 9.17) is 31.4 Å². The Balaban J connectivity index is 1.25. The summed E-state index contributed by atoms with van der Waals surface area (Å²) >= 11 is 0. The number of hydrogen-bond acceptors (Lipinski definition) is 10. The highest BCUT2D eigenvalue weighted by molar-refractivity contribution is 5.90. The number of rotatable bonds is 16. The van der Waals surface area contributed by atoms with E-state index in [2.05, 4.69) is 25.8 Å². The largest absolute Gasteiger partial charge is 0.508 e. The van der Waals surface area contributed by atoms with Gasteiger partial charge in [-0.1, -0.05) is 5.16 Å². The molecular weight excluding hydrogens is 678 g/mol. The molecule has 53 heavy (non-hydrogen) atoms.